The van der Waals surface area contributed by atoms with E-state index in [-0.39, 0.29) is 17.5 Å². The van der Waals surface area contributed by atoms with Crippen LogP contribution in [0.15, 0.2) is 65.5 Å². The number of aryl methyl sites for hydroxylation is 1. The van der Waals surface area contributed by atoms with Gasteiger partial charge in [0.15, 0.2) is 0 Å². The Morgan fingerprint density at radius 1 is 1.13 bits per heavy atom. The van der Waals surface area contributed by atoms with Gasteiger partial charge in [0.1, 0.15) is 5.75 Å². The van der Waals surface area contributed by atoms with E-state index < -0.39 is 6.04 Å². The first-order chi connectivity index (χ1) is 18.3. The minimum absolute atomic E-state index is 0.0263. The molecule has 8 nitrogen and oxygen atoms in total. The summed E-state index contributed by atoms with van der Waals surface area (Å²) in [5.74, 6) is 0.499. The Morgan fingerprint density at radius 3 is 2.42 bits per heavy atom. The lowest BCUT2D eigenvalue weighted by Gasteiger charge is -2.36. The highest BCUT2D eigenvalue weighted by molar-refractivity contribution is 6.34. The fraction of sp³-hybridized carbons (Fsp3) is 0.345. The van der Waals surface area contributed by atoms with E-state index in [0.29, 0.717) is 59.3 Å². The first kappa shape index (κ1) is 27.4. The Kier molecular flexibility index (Phi) is 8.54. The van der Waals surface area contributed by atoms with Crippen LogP contribution < -0.4 is 16.2 Å². The number of aromatic nitrogens is 3. The molecule has 2 aromatic heterocycles. The molecular weight excluding hydrogens is 502 g/mol. The molecule has 0 radical (unpaired) electrons. The fourth-order valence-corrected chi connectivity index (χ4v) is 4.97. The molecule has 0 aliphatic heterocycles. The van der Waals surface area contributed by atoms with Gasteiger partial charge >= 0.3 is 5.69 Å². The second kappa shape index (κ2) is 11.8. The number of nitrogens with zero attached hydrogens (tertiary/aromatic N) is 4. The van der Waals surface area contributed by atoms with Gasteiger partial charge < -0.3 is 15.4 Å². The molecule has 2 aromatic carbocycles. The third kappa shape index (κ3) is 5.47. The van der Waals surface area contributed by atoms with Gasteiger partial charge in [-0.3, -0.25) is 9.36 Å². The zero-order chi connectivity index (χ0) is 27.4. The van der Waals surface area contributed by atoms with Crippen molar-refractivity contribution in [2.75, 3.05) is 20.2 Å². The number of halogens is 1. The van der Waals surface area contributed by atoms with Crippen LogP contribution >= 0.6 is 11.6 Å². The van der Waals surface area contributed by atoms with Crippen LogP contribution in [0.3, 0.4) is 0 Å². The van der Waals surface area contributed by atoms with Crippen molar-refractivity contribution in [3.63, 3.8) is 0 Å². The summed E-state index contributed by atoms with van der Waals surface area (Å²) in [7, 11) is 1.59. The van der Waals surface area contributed by atoms with Gasteiger partial charge in [0.25, 0.3) is 5.91 Å². The summed E-state index contributed by atoms with van der Waals surface area (Å²) >= 11 is 6.59. The van der Waals surface area contributed by atoms with Crippen LogP contribution in [0.25, 0.3) is 5.52 Å². The number of rotatable bonds is 10. The quantitative estimate of drug-likeness (QED) is 0.317. The van der Waals surface area contributed by atoms with Crippen LogP contribution in [0, 0.1) is 12.8 Å². The molecule has 1 atom stereocenters. The number of hydrogen-bond donors (Lipinski definition) is 1. The predicted molar refractivity (Wildman–Crippen MR) is 150 cm³/mol. The minimum atomic E-state index is -0.427. The summed E-state index contributed by atoms with van der Waals surface area (Å²) in [6, 6.07) is 18.3. The van der Waals surface area contributed by atoms with E-state index in [4.69, 9.17) is 22.1 Å². The van der Waals surface area contributed by atoms with E-state index in [2.05, 4.69) is 5.10 Å². The number of amides is 1. The summed E-state index contributed by atoms with van der Waals surface area (Å²) in [5.41, 5.74) is 8.86. The number of methoxy groups -OCH3 is 1. The zero-order valence-corrected chi connectivity index (χ0v) is 23.0. The molecule has 9 heteroatoms. The summed E-state index contributed by atoms with van der Waals surface area (Å²) in [4.78, 5) is 29.7. The summed E-state index contributed by atoms with van der Waals surface area (Å²) in [5, 5.41) is 4.82. The van der Waals surface area contributed by atoms with Crippen molar-refractivity contribution in [3.8, 4) is 5.75 Å². The maximum atomic E-state index is 14.0. The molecule has 0 spiro atoms. The van der Waals surface area contributed by atoms with Crippen molar-refractivity contribution in [3.05, 3.63) is 98.7 Å². The molecule has 0 saturated carbocycles. The summed E-state index contributed by atoms with van der Waals surface area (Å²) in [6.07, 6.45) is 0.614. The van der Waals surface area contributed by atoms with Crippen LogP contribution in [0.4, 0.5) is 0 Å². The van der Waals surface area contributed by atoms with Crippen molar-refractivity contribution < 1.29 is 9.53 Å². The van der Waals surface area contributed by atoms with E-state index >= 15 is 0 Å². The lowest BCUT2D eigenvalue weighted by atomic mass is 9.96. The number of carbonyl (C=O) groups is 1. The van der Waals surface area contributed by atoms with Crippen LogP contribution in [0.2, 0.25) is 5.02 Å². The van der Waals surface area contributed by atoms with Gasteiger partial charge in [0.2, 0.25) is 0 Å². The molecule has 2 heterocycles. The number of hydrogen-bond acceptors (Lipinski definition) is 5. The molecule has 0 fully saturated rings. The highest BCUT2D eigenvalue weighted by atomic mass is 35.5. The second-order valence-corrected chi connectivity index (χ2v) is 10.1. The van der Waals surface area contributed by atoms with Crippen molar-refractivity contribution in [2.24, 2.45) is 11.7 Å². The van der Waals surface area contributed by atoms with Crippen LogP contribution in [-0.4, -0.2) is 45.2 Å². The van der Waals surface area contributed by atoms with Gasteiger partial charge in [0, 0.05) is 17.8 Å². The zero-order valence-electron chi connectivity index (χ0n) is 22.2. The van der Waals surface area contributed by atoms with E-state index in [1.54, 1.807) is 42.9 Å². The fourth-order valence-electron chi connectivity index (χ4n) is 4.80. The summed E-state index contributed by atoms with van der Waals surface area (Å²) in [6.45, 7) is 7.06. The molecule has 0 saturated heterocycles. The van der Waals surface area contributed by atoms with E-state index in [9.17, 15) is 9.59 Å². The van der Waals surface area contributed by atoms with Crippen molar-refractivity contribution in [1.29, 1.82) is 0 Å². The molecule has 2 N–H and O–H groups in total. The molecular formula is C29H34ClN5O3. The number of carbonyl (C=O) groups excluding carboxylic acids is 1. The van der Waals surface area contributed by atoms with Crippen LogP contribution in [0.1, 0.15) is 53.6 Å². The first-order valence-corrected chi connectivity index (χ1v) is 13.1. The molecule has 38 heavy (non-hydrogen) atoms. The lowest BCUT2D eigenvalue weighted by Crippen LogP contribution is -2.42. The predicted octanol–water partition coefficient (Wildman–Crippen LogP) is 4.70. The topological polar surface area (TPSA) is 94.9 Å². The number of ether oxygens (including phenoxy) is 1. The van der Waals surface area contributed by atoms with E-state index in [1.807, 2.05) is 55.1 Å². The van der Waals surface area contributed by atoms with E-state index in [1.165, 1.54) is 4.52 Å². The molecule has 1 amide bonds. The maximum Gasteiger partial charge on any atom is 0.349 e. The van der Waals surface area contributed by atoms with Crippen molar-refractivity contribution in [1.82, 2.24) is 19.1 Å². The van der Waals surface area contributed by atoms with Gasteiger partial charge in [0.05, 0.1) is 35.9 Å². The number of benzene rings is 2. The monoisotopic (exact) mass is 535 g/mol. The molecule has 0 aliphatic carbocycles. The van der Waals surface area contributed by atoms with E-state index in [0.717, 1.165) is 5.56 Å². The first-order valence-electron chi connectivity index (χ1n) is 12.7. The number of nitrogens with two attached hydrogens (primary N) is 1. The van der Waals surface area contributed by atoms with Gasteiger partial charge in [-0.25, -0.2) is 4.79 Å². The molecule has 0 unspecified atom stereocenters. The summed E-state index contributed by atoms with van der Waals surface area (Å²) < 4.78 is 8.31. The molecule has 4 aromatic rings. The SMILES string of the molecule is COc1ccc(C(=O)N(CCCN)[C@@H](c2cc3c(Cl)c(C)nn3c(=O)n2Cc2ccccc2)C(C)C)cc1. The maximum absolute atomic E-state index is 14.0. The van der Waals surface area contributed by atoms with Crippen molar-refractivity contribution in [2.45, 2.75) is 39.8 Å². The second-order valence-electron chi connectivity index (χ2n) is 9.68. The molecule has 0 aliphatic rings. The van der Waals surface area contributed by atoms with Crippen molar-refractivity contribution >= 4 is 23.0 Å². The largest absolute Gasteiger partial charge is 0.497 e. The third-order valence-electron chi connectivity index (χ3n) is 6.68. The van der Waals surface area contributed by atoms with Gasteiger partial charge in [-0.2, -0.15) is 9.61 Å². The highest BCUT2D eigenvalue weighted by Crippen LogP contribution is 2.33. The molecule has 4 rings (SSSR count). The average molecular weight is 536 g/mol. The van der Waals surface area contributed by atoms with Crippen LogP contribution in [-0.2, 0) is 6.54 Å². The standard InChI is InChI=1S/C29H34ClN5O3/c1-19(2)27(33(16-8-15-31)28(36)22-11-13-23(38-4)14-12-22)25-17-24-26(30)20(3)32-35(24)29(37)34(25)18-21-9-6-5-7-10-21/h5-7,9-14,17,19,27H,8,15-16,18,31H2,1-4H3/t27-/m1/s1. The molecule has 0 bridgehead atoms. The Hall–Kier alpha value is -3.62. The Bertz CT molecular complexity index is 1460. The smallest absolute Gasteiger partial charge is 0.349 e. The van der Waals surface area contributed by atoms with Gasteiger partial charge in [-0.1, -0.05) is 55.8 Å². The number of fused-ring (bicyclic) bond motifs is 1. The third-order valence-corrected chi connectivity index (χ3v) is 7.15. The van der Waals surface area contributed by atoms with Crippen LogP contribution in [0.5, 0.6) is 5.75 Å². The lowest BCUT2D eigenvalue weighted by molar-refractivity contribution is 0.0609. The Morgan fingerprint density at radius 2 is 1.82 bits per heavy atom. The van der Waals surface area contributed by atoms with Gasteiger partial charge in [-0.05, 0) is 61.7 Å². The molecule has 200 valence electrons. The Labute approximate surface area is 227 Å². The normalized spacial score (nSPS) is 12.2. The Balaban J connectivity index is 1.92. The average Bonchev–Trinajstić information content (AvgIpc) is 3.21. The highest BCUT2D eigenvalue weighted by Gasteiger charge is 2.32. The minimum Gasteiger partial charge on any atom is -0.497 e. The van der Waals surface area contributed by atoms with Gasteiger partial charge in [-0.15, -0.1) is 0 Å².